The molecule has 0 aromatic carbocycles. The van der Waals surface area contributed by atoms with Gasteiger partial charge in [0.05, 0.1) is 17.9 Å². The van der Waals surface area contributed by atoms with Crippen molar-refractivity contribution >= 4 is 16.0 Å². The van der Waals surface area contributed by atoms with Gasteiger partial charge in [0, 0.05) is 0 Å². The molecular formula is C36H67NO6S. The molecular weight excluding hydrogens is 574 g/mol. The Hall–Kier alpha value is -1.48. The normalized spacial score (nSPS) is 14.6. The van der Waals surface area contributed by atoms with E-state index >= 15 is 0 Å². The lowest BCUT2D eigenvalue weighted by atomic mass is 10.0. The molecule has 0 aliphatic carbocycles. The number of rotatable bonds is 31. The van der Waals surface area contributed by atoms with Crippen molar-refractivity contribution in [3.05, 3.63) is 36.5 Å². The SMILES string of the molecule is CCCCCC/C=C\CCC(O)C(=O)NC(CS(=O)(=O)O)C(O)/C=C/CC/C=C/CCCCCCCCCCCCCCC. The summed E-state index contributed by atoms with van der Waals surface area (Å²) < 4.78 is 32.3. The number of carbonyl (C=O) groups is 1. The van der Waals surface area contributed by atoms with E-state index in [4.69, 9.17) is 0 Å². The van der Waals surface area contributed by atoms with Crippen molar-refractivity contribution in [1.29, 1.82) is 0 Å². The highest BCUT2D eigenvalue weighted by atomic mass is 32.2. The van der Waals surface area contributed by atoms with Gasteiger partial charge in [-0.3, -0.25) is 9.35 Å². The third-order valence-electron chi connectivity index (χ3n) is 7.90. The molecule has 0 aromatic heterocycles. The number of amides is 1. The Morgan fingerprint density at radius 2 is 1.02 bits per heavy atom. The van der Waals surface area contributed by atoms with E-state index in [9.17, 15) is 28.0 Å². The molecule has 7 nitrogen and oxygen atoms in total. The predicted octanol–water partition coefficient (Wildman–Crippen LogP) is 8.76. The van der Waals surface area contributed by atoms with E-state index in [-0.39, 0.29) is 6.42 Å². The minimum Gasteiger partial charge on any atom is -0.387 e. The van der Waals surface area contributed by atoms with Gasteiger partial charge in [0.25, 0.3) is 10.1 Å². The number of aliphatic hydroxyl groups is 2. The van der Waals surface area contributed by atoms with Crippen LogP contribution in [0.15, 0.2) is 36.5 Å². The Morgan fingerprint density at radius 1 is 0.614 bits per heavy atom. The van der Waals surface area contributed by atoms with Crippen molar-refractivity contribution in [3.8, 4) is 0 Å². The summed E-state index contributed by atoms with van der Waals surface area (Å²) in [5, 5.41) is 23.1. The van der Waals surface area contributed by atoms with E-state index in [1.807, 2.05) is 12.2 Å². The maximum Gasteiger partial charge on any atom is 0.267 e. The van der Waals surface area contributed by atoms with Crippen molar-refractivity contribution in [1.82, 2.24) is 5.32 Å². The summed E-state index contributed by atoms with van der Waals surface area (Å²) in [6.07, 6.45) is 35.2. The lowest BCUT2D eigenvalue weighted by molar-refractivity contribution is -0.130. The molecule has 0 aliphatic heterocycles. The van der Waals surface area contributed by atoms with Crippen LogP contribution in [-0.4, -0.2) is 53.1 Å². The van der Waals surface area contributed by atoms with Crippen LogP contribution in [0.3, 0.4) is 0 Å². The second-order valence-electron chi connectivity index (χ2n) is 12.3. The Balaban J connectivity index is 4.15. The first-order valence-electron chi connectivity index (χ1n) is 17.8. The molecule has 8 heteroatoms. The van der Waals surface area contributed by atoms with E-state index in [2.05, 4.69) is 31.3 Å². The summed E-state index contributed by atoms with van der Waals surface area (Å²) in [5.74, 6) is -1.60. The van der Waals surface area contributed by atoms with Gasteiger partial charge < -0.3 is 15.5 Å². The number of hydrogen-bond donors (Lipinski definition) is 4. The zero-order chi connectivity index (χ0) is 32.7. The molecule has 258 valence electrons. The van der Waals surface area contributed by atoms with Gasteiger partial charge in [-0.2, -0.15) is 8.42 Å². The van der Waals surface area contributed by atoms with E-state index in [0.29, 0.717) is 12.8 Å². The summed E-state index contributed by atoms with van der Waals surface area (Å²) in [7, 11) is -4.45. The van der Waals surface area contributed by atoms with Crippen LogP contribution in [0, 0.1) is 0 Å². The number of carbonyl (C=O) groups excluding carboxylic acids is 1. The average molecular weight is 642 g/mol. The summed E-state index contributed by atoms with van der Waals surface area (Å²) in [4.78, 5) is 12.4. The van der Waals surface area contributed by atoms with Gasteiger partial charge in [0.1, 0.15) is 6.10 Å². The van der Waals surface area contributed by atoms with Crippen LogP contribution in [0.5, 0.6) is 0 Å². The zero-order valence-electron chi connectivity index (χ0n) is 28.1. The first kappa shape index (κ1) is 42.5. The minimum absolute atomic E-state index is 0.188. The highest BCUT2D eigenvalue weighted by Crippen LogP contribution is 2.13. The fourth-order valence-electron chi connectivity index (χ4n) is 5.12. The maximum absolute atomic E-state index is 12.4. The summed E-state index contributed by atoms with van der Waals surface area (Å²) in [6, 6.07) is -1.26. The van der Waals surface area contributed by atoms with Crippen molar-refractivity contribution in [2.45, 2.75) is 180 Å². The van der Waals surface area contributed by atoms with Crippen molar-refractivity contribution in [3.63, 3.8) is 0 Å². The first-order valence-corrected chi connectivity index (χ1v) is 19.4. The Kier molecular flexibility index (Phi) is 29.2. The molecule has 0 spiro atoms. The number of allylic oxidation sites excluding steroid dienone is 5. The number of unbranched alkanes of at least 4 members (excludes halogenated alkanes) is 18. The molecule has 3 unspecified atom stereocenters. The second kappa shape index (κ2) is 30.2. The molecule has 0 aliphatic rings. The van der Waals surface area contributed by atoms with Crippen LogP contribution in [0.2, 0.25) is 0 Å². The standard InChI is InChI=1S/C36H67NO6S/c1-3-5-7-9-11-13-14-15-16-17-18-19-20-21-22-23-25-26-28-30-34(38)33(32-44(41,42)43)37-36(40)35(39)31-29-27-24-12-10-8-6-4-2/h22-24,27-28,30,33-35,38-39H,3-21,25-26,29,31-32H2,1-2H3,(H,37,40)(H,41,42,43)/b23-22+,27-24-,30-28+. The molecule has 0 fully saturated rings. The molecule has 4 N–H and O–H groups in total. The van der Waals surface area contributed by atoms with Gasteiger partial charge in [-0.15, -0.1) is 0 Å². The van der Waals surface area contributed by atoms with Gasteiger partial charge in [-0.05, 0) is 51.4 Å². The molecule has 3 atom stereocenters. The lowest BCUT2D eigenvalue weighted by Crippen LogP contribution is -2.50. The van der Waals surface area contributed by atoms with Crippen LogP contribution in [0.25, 0.3) is 0 Å². The molecule has 44 heavy (non-hydrogen) atoms. The quantitative estimate of drug-likeness (QED) is 0.0341. The fourth-order valence-corrected chi connectivity index (χ4v) is 5.85. The third-order valence-corrected chi connectivity index (χ3v) is 8.69. The third kappa shape index (κ3) is 29.2. The predicted molar refractivity (Wildman–Crippen MR) is 185 cm³/mol. The first-order chi connectivity index (χ1) is 21.2. The monoisotopic (exact) mass is 641 g/mol. The van der Waals surface area contributed by atoms with Gasteiger partial charge in [-0.1, -0.05) is 147 Å². The Labute approximate surface area is 270 Å². The second-order valence-corrected chi connectivity index (χ2v) is 13.8. The Morgan fingerprint density at radius 3 is 1.52 bits per heavy atom. The molecule has 0 aromatic rings. The summed E-state index contributed by atoms with van der Waals surface area (Å²) in [5.41, 5.74) is 0. The molecule has 0 heterocycles. The molecule has 0 rings (SSSR count). The van der Waals surface area contributed by atoms with E-state index in [1.54, 1.807) is 6.08 Å². The largest absolute Gasteiger partial charge is 0.387 e. The molecule has 0 saturated carbocycles. The minimum atomic E-state index is -4.45. The van der Waals surface area contributed by atoms with E-state index < -0.39 is 40.0 Å². The van der Waals surface area contributed by atoms with Gasteiger partial charge >= 0.3 is 0 Å². The number of hydrogen-bond acceptors (Lipinski definition) is 5. The average Bonchev–Trinajstić information content (AvgIpc) is 2.98. The lowest BCUT2D eigenvalue weighted by Gasteiger charge is -2.22. The van der Waals surface area contributed by atoms with Crippen LogP contribution in [-0.2, 0) is 14.9 Å². The highest BCUT2D eigenvalue weighted by molar-refractivity contribution is 7.85. The van der Waals surface area contributed by atoms with Gasteiger partial charge in [0.15, 0.2) is 0 Å². The number of aliphatic hydroxyl groups excluding tert-OH is 2. The Bertz CT molecular complexity index is 855. The van der Waals surface area contributed by atoms with Crippen LogP contribution in [0.1, 0.15) is 162 Å². The number of nitrogens with one attached hydrogen (secondary N) is 1. The zero-order valence-corrected chi connectivity index (χ0v) is 29.0. The topological polar surface area (TPSA) is 124 Å². The maximum atomic E-state index is 12.4. The van der Waals surface area contributed by atoms with Crippen molar-refractivity contribution < 1.29 is 28.0 Å². The molecule has 1 amide bonds. The fraction of sp³-hybridized carbons (Fsp3) is 0.806. The van der Waals surface area contributed by atoms with Crippen molar-refractivity contribution in [2.24, 2.45) is 0 Å². The van der Waals surface area contributed by atoms with Crippen LogP contribution < -0.4 is 5.32 Å². The highest BCUT2D eigenvalue weighted by Gasteiger charge is 2.27. The van der Waals surface area contributed by atoms with Crippen molar-refractivity contribution in [2.75, 3.05) is 5.75 Å². The van der Waals surface area contributed by atoms with Gasteiger partial charge in [0.2, 0.25) is 5.91 Å². The summed E-state index contributed by atoms with van der Waals surface area (Å²) >= 11 is 0. The van der Waals surface area contributed by atoms with E-state index in [1.165, 1.54) is 109 Å². The molecule has 0 bridgehead atoms. The van der Waals surface area contributed by atoms with Crippen LogP contribution >= 0.6 is 0 Å². The summed E-state index contributed by atoms with van der Waals surface area (Å²) in [6.45, 7) is 4.43. The molecule has 0 radical (unpaired) electrons. The van der Waals surface area contributed by atoms with Gasteiger partial charge in [-0.25, -0.2) is 0 Å². The van der Waals surface area contributed by atoms with E-state index in [0.717, 1.165) is 25.7 Å². The smallest absolute Gasteiger partial charge is 0.267 e. The molecule has 0 saturated heterocycles. The van der Waals surface area contributed by atoms with Crippen LogP contribution in [0.4, 0.5) is 0 Å².